The number of carbonyl (C=O) groups is 1. The van der Waals surface area contributed by atoms with Crippen molar-refractivity contribution < 1.29 is 9.90 Å². The van der Waals surface area contributed by atoms with Crippen LogP contribution in [0.4, 0.5) is 0 Å². The van der Waals surface area contributed by atoms with E-state index in [1.54, 1.807) is 24.3 Å². The molecule has 0 amide bonds. The van der Waals surface area contributed by atoms with Crippen LogP contribution in [0.1, 0.15) is 10.4 Å². The van der Waals surface area contributed by atoms with Crippen molar-refractivity contribution in [3.8, 4) is 5.69 Å². The van der Waals surface area contributed by atoms with Crippen molar-refractivity contribution in [2.45, 2.75) is 0 Å². The van der Waals surface area contributed by atoms with Crippen molar-refractivity contribution in [3.05, 3.63) is 47.2 Å². The molecular formula is C10H7ClN2O2. The van der Waals surface area contributed by atoms with Gasteiger partial charge in [0.2, 0.25) is 0 Å². The first-order chi connectivity index (χ1) is 7.20. The van der Waals surface area contributed by atoms with Crippen molar-refractivity contribution >= 4 is 17.6 Å². The summed E-state index contributed by atoms with van der Waals surface area (Å²) >= 11 is 5.86. The zero-order chi connectivity index (χ0) is 10.8. The highest BCUT2D eigenvalue weighted by molar-refractivity contribution is 6.29. The van der Waals surface area contributed by atoms with Crippen molar-refractivity contribution in [2.75, 3.05) is 0 Å². The van der Waals surface area contributed by atoms with E-state index >= 15 is 0 Å². The van der Waals surface area contributed by atoms with Gasteiger partial charge in [-0.1, -0.05) is 23.7 Å². The van der Waals surface area contributed by atoms with Gasteiger partial charge in [0.25, 0.3) is 0 Å². The molecule has 1 N–H and O–H groups in total. The third-order valence-corrected chi connectivity index (χ3v) is 2.25. The molecule has 15 heavy (non-hydrogen) atoms. The van der Waals surface area contributed by atoms with Crippen molar-refractivity contribution in [3.63, 3.8) is 0 Å². The Hall–Kier alpha value is -1.81. The molecule has 2 aromatic rings. The molecule has 1 heterocycles. The number of aromatic carboxylic acids is 1. The minimum Gasteiger partial charge on any atom is -0.478 e. The van der Waals surface area contributed by atoms with Crippen LogP contribution in [-0.2, 0) is 0 Å². The molecule has 0 aliphatic carbocycles. The quantitative estimate of drug-likeness (QED) is 0.848. The standard InChI is InChI=1S/C10H7ClN2O2/c11-9-5-6-12-13(9)8-4-2-1-3-7(8)10(14)15/h1-6H,(H,14,15). The molecule has 76 valence electrons. The third-order valence-electron chi connectivity index (χ3n) is 1.96. The topological polar surface area (TPSA) is 55.1 Å². The van der Waals surface area contributed by atoms with E-state index in [2.05, 4.69) is 5.10 Å². The van der Waals surface area contributed by atoms with E-state index in [1.807, 2.05) is 0 Å². The van der Waals surface area contributed by atoms with Crippen LogP contribution in [0.3, 0.4) is 0 Å². The molecule has 0 spiro atoms. The van der Waals surface area contributed by atoms with Gasteiger partial charge >= 0.3 is 5.97 Å². The Morgan fingerprint density at radius 2 is 2.07 bits per heavy atom. The van der Waals surface area contributed by atoms with Gasteiger partial charge in [-0.05, 0) is 18.2 Å². The first-order valence-corrected chi connectivity index (χ1v) is 4.60. The second kappa shape index (κ2) is 3.74. The fourth-order valence-corrected chi connectivity index (χ4v) is 1.49. The van der Waals surface area contributed by atoms with E-state index in [0.717, 1.165) is 0 Å². The molecule has 0 saturated heterocycles. The lowest BCUT2D eigenvalue weighted by Gasteiger charge is -2.06. The van der Waals surface area contributed by atoms with Gasteiger partial charge in [0.05, 0.1) is 17.4 Å². The molecule has 1 aromatic heterocycles. The molecule has 0 atom stereocenters. The molecular weight excluding hydrogens is 216 g/mol. The molecule has 0 unspecified atom stereocenters. The van der Waals surface area contributed by atoms with E-state index in [1.165, 1.54) is 16.9 Å². The summed E-state index contributed by atoms with van der Waals surface area (Å²) in [6.07, 6.45) is 1.51. The monoisotopic (exact) mass is 222 g/mol. The third kappa shape index (κ3) is 1.71. The summed E-state index contributed by atoms with van der Waals surface area (Å²) in [4.78, 5) is 10.9. The van der Waals surface area contributed by atoms with Gasteiger partial charge in [-0.15, -0.1) is 0 Å². The Balaban J connectivity index is 2.63. The number of rotatable bonds is 2. The van der Waals surface area contributed by atoms with Crippen LogP contribution in [0, 0.1) is 0 Å². The van der Waals surface area contributed by atoms with E-state index in [4.69, 9.17) is 16.7 Å². The zero-order valence-corrected chi connectivity index (χ0v) is 8.35. The second-order valence-electron chi connectivity index (χ2n) is 2.89. The molecule has 5 heteroatoms. The summed E-state index contributed by atoms with van der Waals surface area (Å²) in [5.41, 5.74) is 0.628. The van der Waals surface area contributed by atoms with Crippen molar-refractivity contribution in [2.24, 2.45) is 0 Å². The van der Waals surface area contributed by atoms with E-state index in [9.17, 15) is 4.79 Å². The summed E-state index contributed by atoms with van der Waals surface area (Å²) in [6.45, 7) is 0. The number of hydrogen-bond donors (Lipinski definition) is 1. The number of para-hydroxylation sites is 1. The minimum absolute atomic E-state index is 0.170. The lowest BCUT2D eigenvalue weighted by atomic mass is 10.2. The average Bonchev–Trinajstić information content (AvgIpc) is 2.64. The number of carboxylic acid groups (broad SMARTS) is 1. The summed E-state index contributed by atoms with van der Waals surface area (Å²) in [7, 11) is 0. The Kier molecular flexibility index (Phi) is 2.43. The molecule has 2 rings (SSSR count). The summed E-state index contributed by atoms with van der Waals surface area (Å²) in [5.74, 6) is -1.00. The van der Waals surface area contributed by atoms with Gasteiger partial charge in [0.1, 0.15) is 5.15 Å². The normalized spacial score (nSPS) is 10.2. The van der Waals surface area contributed by atoms with Crippen LogP contribution in [0.15, 0.2) is 36.5 Å². The van der Waals surface area contributed by atoms with Gasteiger partial charge in [-0.3, -0.25) is 0 Å². The molecule has 0 aliphatic rings. The first-order valence-electron chi connectivity index (χ1n) is 4.22. The van der Waals surface area contributed by atoms with Crippen molar-refractivity contribution in [1.29, 1.82) is 0 Å². The number of benzene rings is 1. The number of nitrogens with zero attached hydrogens (tertiary/aromatic N) is 2. The average molecular weight is 223 g/mol. The Morgan fingerprint density at radius 3 is 2.67 bits per heavy atom. The Morgan fingerprint density at radius 1 is 1.33 bits per heavy atom. The molecule has 0 bridgehead atoms. The van der Waals surface area contributed by atoms with E-state index < -0.39 is 5.97 Å². The summed E-state index contributed by atoms with van der Waals surface area (Å²) in [6, 6.07) is 8.16. The van der Waals surface area contributed by atoms with Gasteiger partial charge in [-0.25, -0.2) is 9.48 Å². The fourth-order valence-electron chi connectivity index (χ4n) is 1.30. The lowest BCUT2D eigenvalue weighted by molar-refractivity contribution is 0.0697. The van der Waals surface area contributed by atoms with Crippen LogP contribution in [0.25, 0.3) is 5.69 Å². The first kappa shape index (κ1) is 9.73. The largest absolute Gasteiger partial charge is 0.478 e. The van der Waals surface area contributed by atoms with Gasteiger partial charge in [0, 0.05) is 0 Å². The van der Waals surface area contributed by atoms with Gasteiger partial charge < -0.3 is 5.11 Å². The number of hydrogen-bond acceptors (Lipinski definition) is 2. The highest BCUT2D eigenvalue weighted by atomic mass is 35.5. The predicted molar refractivity (Wildman–Crippen MR) is 55.5 cm³/mol. The Labute approximate surface area is 90.7 Å². The zero-order valence-electron chi connectivity index (χ0n) is 7.59. The molecule has 0 fully saturated rings. The highest BCUT2D eigenvalue weighted by Crippen LogP contribution is 2.18. The van der Waals surface area contributed by atoms with Gasteiger partial charge in [-0.2, -0.15) is 5.10 Å². The lowest BCUT2D eigenvalue weighted by Crippen LogP contribution is -2.06. The maximum Gasteiger partial charge on any atom is 0.337 e. The van der Waals surface area contributed by atoms with Crippen LogP contribution in [-0.4, -0.2) is 20.9 Å². The number of aromatic nitrogens is 2. The molecule has 1 aromatic carbocycles. The SMILES string of the molecule is O=C(O)c1ccccc1-n1nccc1Cl. The van der Waals surface area contributed by atoms with Crippen LogP contribution in [0.2, 0.25) is 5.15 Å². The number of halogens is 1. The highest BCUT2D eigenvalue weighted by Gasteiger charge is 2.12. The maximum absolute atomic E-state index is 10.9. The summed E-state index contributed by atoms with van der Waals surface area (Å²) in [5, 5.41) is 13.3. The maximum atomic E-state index is 10.9. The Bertz CT molecular complexity index is 508. The molecule has 4 nitrogen and oxygen atoms in total. The van der Waals surface area contributed by atoms with Crippen LogP contribution < -0.4 is 0 Å². The van der Waals surface area contributed by atoms with Crippen molar-refractivity contribution in [1.82, 2.24) is 9.78 Å². The fraction of sp³-hybridized carbons (Fsp3) is 0. The molecule has 0 saturated carbocycles. The molecule has 0 radical (unpaired) electrons. The summed E-state index contributed by atoms with van der Waals surface area (Å²) < 4.78 is 1.38. The smallest absolute Gasteiger partial charge is 0.337 e. The van der Waals surface area contributed by atoms with Crippen LogP contribution in [0.5, 0.6) is 0 Å². The van der Waals surface area contributed by atoms with Crippen LogP contribution >= 0.6 is 11.6 Å². The van der Waals surface area contributed by atoms with E-state index in [0.29, 0.717) is 10.8 Å². The number of carboxylic acids is 1. The van der Waals surface area contributed by atoms with E-state index in [-0.39, 0.29) is 5.56 Å². The second-order valence-corrected chi connectivity index (χ2v) is 3.28. The minimum atomic E-state index is -1.00. The predicted octanol–water partition coefficient (Wildman–Crippen LogP) is 2.22. The van der Waals surface area contributed by atoms with Gasteiger partial charge in [0.15, 0.2) is 0 Å². The molecule has 0 aliphatic heterocycles.